The molecule has 18 heavy (non-hydrogen) atoms. The molecule has 2 aromatic rings. The number of aryl methyl sites for hydroxylation is 1. The van der Waals surface area contributed by atoms with E-state index in [2.05, 4.69) is 10.5 Å². The Morgan fingerprint density at radius 3 is 2.94 bits per heavy atom. The molecule has 5 heteroatoms. The van der Waals surface area contributed by atoms with Gasteiger partial charge in [-0.2, -0.15) is 5.26 Å². The molecule has 5 nitrogen and oxygen atoms in total. The Morgan fingerprint density at radius 1 is 1.50 bits per heavy atom. The highest BCUT2D eigenvalue weighted by Crippen LogP contribution is 2.14. The molecule has 0 radical (unpaired) electrons. The Morgan fingerprint density at radius 2 is 2.28 bits per heavy atom. The van der Waals surface area contributed by atoms with Gasteiger partial charge in [0.15, 0.2) is 0 Å². The summed E-state index contributed by atoms with van der Waals surface area (Å²) in [4.78, 5) is 11.8. The summed E-state index contributed by atoms with van der Waals surface area (Å²) in [7, 11) is 0. The first kappa shape index (κ1) is 11.9. The number of anilines is 1. The molecule has 0 atom stereocenters. The number of rotatable bonds is 3. The number of amides is 1. The predicted octanol–water partition coefficient (Wildman–Crippen LogP) is 2.04. The summed E-state index contributed by atoms with van der Waals surface area (Å²) >= 11 is 0. The first-order chi connectivity index (χ1) is 8.69. The molecule has 0 unspecified atom stereocenters. The van der Waals surface area contributed by atoms with E-state index in [1.807, 2.05) is 6.07 Å². The second-order valence-electron chi connectivity index (χ2n) is 3.81. The van der Waals surface area contributed by atoms with Crippen molar-refractivity contribution in [3.8, 4) is 6.07 Å². The maximum Gasteiger partial charge on any atom is 0.230 e. The largest absolute Gasteiger partial charge is 0.361 e. The molecule has 0 aliphatic carbocycles. The summed E-state index contributed by atoms with van der Waals surface area (Å²) in [5.41, 5.74) is 1.51. The lowest BCUT2D eigenvalue weighted by atomic mass is 10.2. The Balaban J connectivity index is 2.06. The maximum atomic E-state index is 11.8. The van der Waals surface area contributed by atoms with Gasteiger partial charge in [0.1, 0.15) is 11.8 Å². The minimum absolute atomic E-state index is 0.122. The average Bonchev–Trinajstić information content (AvgIpc) is 2.75. The summed E-state index contributed by atoms with van der Waals surface area (Å²) in [5.74, 6) is 0.432. The molecule has 1 heterocycles. The molecule has 0 spiro atoms. The van der Waals surface area contributed by atoms with Crippen molar-refractivity contribution in [1.82, 2.24) is 5.16 Å². The Kier molecular flexibility index (Phi) is 3.39. The predicted molar refractivity (Wildman–Crippen MR) is 64.7 cm³/mol. The summed E-state index contributed by atoms with van der Waals surface area (Å²) in [6.45, 7) is 1.76. The van der Waals surface area contributed by atoms with Gasteiger partial charge in [0.25, 0.3) is 0 Å². The molecular formula is C13H11N3O2. The zero-order chi connectivity index (χ0) is 13.0. The first-order valence-corrected chi connectivity index (χ1v) is 5.40. The fourth-order valence-corrected chi connectivity index (χ4v) is 1.55. The molecule has 1 amide bonds. The smallest absolute Gasteiger partial charge is 0.230 e. The lowest BCUT2D eigenvalue weighted by Crippen LogP contribution is -2.15. The van der Waals surface area contributed by atoms with E-state index in [0.29, 0.717) is 22.7 Å². The Bertz CT molecular complexity index is 611. The van der Waals surface area contributed by atoms with E-state index in [1.165, 1.54) is 0 Å². The first-order valence-electron chi connectivity index (χ1n) is 5.40. The standard InChI is InChI=1S/C13H11N3O2/c1-9-6-11(16-18-9)7-13(17)15-12-5-3-2-4-10(12)8-14/h2-6H,7H2,1H3,(H,15,17). The van der Waals surface area contributed by atoms with Crippen LogP contribution in [0.5, 0.6) is 0 Å². The number of nitrogens with zero attached hydrogens (tertiary/aromatic N) is 2. The Hall–Kier alpha value is -2.61. The van der Waals surface area contributed by atoms with Crippen LogP contribution in [0, 0.1) is 18.3 Å². The lowest BCUT2D eigenvalue weighted by Gasteiger charge is -2.05. The molecule has 1 N–H and O–H groups in total. The van der Waals surface area contributed by atoms with Crippen LogP contribution in [0.15, 0.2) is 34.9 Å². The van der Waals surface area contributed by atoms with Crippen LogP contribution in [-0.4, -0.2) is 11.1 Å². The molecule has 90 valence electrons. The number of carbonyl (C=O) groups excluding carboxylic acids is 1. The van der Waals surface area contributed by atoms with Crippen molar-refractivity contribution >= 4 is 11.6 Å². The summed E-state index contributed by atoms with van der Waals surface area (Å²) in [6.07, 6.45) is 0.122. The SMILES string of the molecule is Cc1cc(CC(=O)Nc2ccccc2C#N)no1. The fourth-order valence-electron chi connectivity index (χ4n) is 1.55. The van der Waals surface area contributed by atoms with Crippen molar-refractivity contribution in [1.29, 1.82) is 5.26 Å². The van der Waals surface area contributed by atoms with Gasteiger partial charge in [-0.3, -0.25) is 4.79 Å². The summed E-state index contributed by atoms with van der Waals surface area (Å²) in [6, 6.07) is 10.6. The number of nitrogens with one attached hydrogen (secondary N) is 1. The van der Waals surface area contributed by atoms with E-state index < -0.39 is 0 Å². The van der Waals surface area contributed by atoms with Crippen molar-refractivity contribution in [3.63, 3.8) is 0 Å². The highest BCUT2D eigenvalue weighted by molar-refractivity contribution is 5.93. The van der Waals surface area contributed by atoms with Crippen LogP contribution >= 0.6 is 0 Å². The van der Waals surface area contributed by atoms with Crippen LogP contribution in [0.4, 0.5) is 5.69 Å². The second-order valence-corrected chi connectivity index (χ2v) is 3.81. The van der Waals surface area contributed by atoms with E-state index in [1.54, 1.807) is 37.3 Å². The van der Waals surface area contributed by atoms with Gasteiger partial charge in [-0.15, -0.1) is 0 Å². The van der Waals surface area contributed by atoms with Gasteiger partial charge >= 0.3 is 0 Å². The third kappa shape index (κ3) is 2.74. The molecule has 0 aliphatic heterocycles. The van der Waals surface area contributed by atoms with Crippen molar-refractivity contribution in [2.45, 2.75) is 13.3 Å². The van der Waals surface area contributed by atoms with E-state index in [9.17, 15) is 4.79 Å². The van der Waals surface area contributed by atoms with E-state index in [-0.39, 0.29) is 12.3 Å². The third-order valence-electron chi connectivity index (χ3n) is 2.34. The van der Waals surface area contributed by atoms with Gasteiger partial charge in [0.2, 0.25) is 5.91 Å². The maximum absolute atomic E-state index is 11.8. The minimum Gasteiger partial charge on any atom is -0.361 e. The van der Waals surface area contributed by atoms with Crippen molar-refractivity contribution in [2.75, 3.05) is 5.32 Å². The number of benzene rings is 1. The summed E-state index contributed by atoms with van der Waals surface area (Å²) in [5, 5.41) is 15.3. The average molecular weight is 241 g/mol. The van der Waals surface area contributed by atoms with Crippen molar-refractivity contribution in [3.05, 3.63) is 47.3 Å². The number of para-hydroxylation sites is 1. The second kappa shape index (κ2) is 5.15. The van der Waals surface area contributed by atoms with Crippen LogP contribution in [0.3, 0.4) is 0 Å². The van der Waals surface area contributed by atoms with E-state index in [0.717, 1.165) is 0 Å². The fraction of sp³-hybridized carbons (Fsp3) is 0.154. The zero-order valence-electron chi connectivity index (χ0n) is 9.80. The zero-order valence-corrected chi connectivity index (χ0v) is 9.80. The van der Waals surface area contributed by atoms with E-state index >= 15 is 0 Å². The van der Waals surface area contributed by atoms with Crippen LogP contribution in [0.2, 0.25) is 0 Å². The molecule has 1 aromatic carbocycles. The van der Waals surface area contributed by atoms with Crippen LogP contribution in [0.1, 0.15) is 17.0 Å². The van der Waals surface area contributed by atoms with Crippen LogP contribution in [0.25, 0.3) is 0 Å². The van der Waals surface area contributed by atoms with Crippen LogP contribution < -0.4 is 5.32 Å². The van der Waals surface area contributed by atoms with Gasteiger partial charge in [-0.05, 0) is 19.1 Å². The number of hydrogen-bond donors (Lipinski definition) is 1. The molecule has 0 aliphatic rings. The third-order valence-corrected chi connectivity index (χ3v) is 2.34. The molecule has 1 aromatic heterocycles. The molecule has 0 fully saturated rings. The van der Waals surface area contributed by atoms with E-state index in [4.69, 9.17) is 9.78 Å². The molecule has 0 saturated carbocycles. The van der Waals surface area contributed by atoms with Gasteiger partial charge in [0, 0.05) is 6.07 Å². The molecule has 2 rings (SSSR count). The van der Waals surface area contributed by atoms with Crippen LogP contribution in [-0.2, 0) is 11.2 Å². The van der Waals surface area contributed by atoms with Crippen molar-refractivity contribution < 1.29 is 9.32 Å². The van der Waals surface area contributed by atoms with Gasteiger partial charge in [-0.1, -0.05) is 17.3 Å². The van der Waals surface area contributed by atoms with Gasteiger partial charge < -0.3 is 9.84 Å². The molecule has 0 saturated heterocycles. The molecule has 0 bridgehead atoms. The quantitative estimate of drug-likeness (QED) is 0.891. The summed E-state index contributed by atoms with van der Waals surface area (Å²) < 4.78 is 4.88. The van der Waals surface area contributed by atoms with Gasteiger partial charge in [-0.25, -0.2) is 0 Å². The number of nitriles is 1. The number of carbonyl (C=O) groups is 1. The minimum atomic E-state index is -0.231. The Labute approximate surface area is 104 Å². The number of aromatic nitrogens is 1. The number of hydrogen-bond acceptors (Lipinski definition) is 4. The monoisotopic (exact) mass is 241 g/mol. The lowest BCUT2D eigenvalue weighted by molar-refractivity contribution is -0.115. The topological polar surface area (TPSA) is 78.9 Å². The van der Waals surface area contributed by atoms with Gasteiger partial charge in [0.05, 0.1) is 23.4 Å². The highest BCUT2D eigenvalue weighted by atomic mass is 16.5. The normalized spacial score (nSPS) is 9.78. The molecular weight excluding hydrogens is 230 g/mol. The van der Waals surface area contributed by atoms with Crippen molar-refractivity contribution in [2.24, 2.45) is 0 Å². The highest BCUT2D eigenvalue weighted by Gasteiger charge is 2.09.